The van der Waals surface area contributed by atoms with E-state index in [0.717, 1.165) is 23.9 Å². The number of aromatic nitrogens is 2. The summed E-state index contributed by atoms with van der Waals surface area (Å²) in [7, 11) is 0. The highest BCUT2D eigenvalue weighted by atomic mass is 32.1. The first-order chi connectivity index (χ1) is 16.5. The number of rotatable bonds is 7. The number of carbonyl (C=O) groups is 1. The number of hydrogen-bond acceptors (Lipinski definition) is 7. The van der Waals surface area contributed by atoms with Crippen LogP contribution in [-0.2, 0) is 6.42 Å². The zero-order chi connectivity index (χ0) is 23.8. The maximum atomic E-state index is 14.0. The van der Waals surface area contributed by atoms with Gasteiger partial charge in [0.25, 0.3) is 5.91 Å². The predicted octanol–water partition coefficient (Wildman–Crippen LogP) is 5.05. The van der Waals surface area contributed by atoms with Gasteiger partial charge in [0.2, 0.25) is 10.9 Å². The summed E-state index contributed by atoms with van der Waals surface area (Å²) in [5.74, 6) is -0.595. The standard InChI is InChI=1S/C25H20FN3O4S/c1-3-6-19-27-28-25(34-19)29-21(14-7-5-8-16(12-14)32-11-4-2)20-22(30)17-13-15(26)9-10-18(17)33-23(20)24(29)31/h4-5,7-10,12-13,21H,2-3,6,11H2,1H3. The van der Waals surface area contributed by atoms with E-state index in [4.69, 9.17) is 9.15 Å². The third kappa shape index (κ3) is 3.67. The minimum Gasteiger partial charge on any atom is -0.490 e. The highest BCUT2D eigenvalue weighted by Crippen LogP contribution is 2.42. The van der Waals surface area contributed by atoms with Crippen LogP contribution in [0, 0.1) is 5.82 Å². The molecule has 1 aliphatic rings. The normalized spacial score (nSPS) is 15.1. The zero-order valence-electron chi connectivity index (χ0n) is 18.3. The summed E-state index contributed by atoms with van der Waals surface area (Å²) in [6.07, 6.45) is 3.23. The highest BCUT2D eigenvalue weighted by molar-refractivity contribution is 7.15. The second-order valence-electron chi connectivity index (χ2n) is 7.79. The van der Waals surface area contributed by atoms with Crippen LogP contribution in [0.5, 0.6) is 5.75 Å². The van der Waals surface area contributed by atoms with Gasteiger partial charge in [0.1, 0.15) is 28.8 Å². The molecule has 0 bridgehead atoms. The van der Waals surface area contributed by atoms with E-state index < -0.39 is 23.2 Å². The van der Waals surface area contributed by atoms with Crippen molar-refractivity contribution < 1.29 is 18.3 Å². The van der Waals surface area contributed by atoms with Crippen molar-refractivity contribution in [3.8, 4) is 5.75 Å². The van der Waals surface area contributed by atoms with E-state index in [1.165, 1.54) is 28.4 Å². The first-order valence-electron chi connectivity index (χ1n) is 10.8. The lowest BCUT2D eigenvalue weighted by molar-refractivity contribution is 0.0970. The van der Waals surface area contributed by atoms with E-state index in [2.05, 4.69) is 16.8 Å². The topological polar surface area (TPSA) is 85.5 Å². The largest absolute Gasteiger partial charge is 0.490 e. The van der Waals surface area contributed by atoms with Crippen molar-refractivity contribution in [2.45, 2.75) is 25.8 Å². The van der Waals surface area contributed by atoms with Gasteiger partial charge >= 0.3 is 0 Å². The van der Waals surface area contributed by atoms with Gasteiger partial charge in [-0.3, -0.25) is 14.5 Å². The molecule has 172 valence electrons. The average molecular weight is 478 g/mol. The Bertz CT molecular complexity index is 1480. The van der Waals surface area contributed by atoms with Crippen molar-refractivity contribution in [1.82, 2.24) is 10.2 Å². The van der Waals surface area contributed by atoms with E-state index in [-0.39, 0.29) is 22.3 Å². The summed E-state index contributed by atoms with van der Waals surface area (Å²) in [5.41, 5.74) is 0.443. The summed E-state index contributed by atoms with van der Waals surface area (Å²) >= 11 is 1.29. The Hall–Kier alpha value is -3.85. The van der Waals surface area contributed by atoms with E-state index in [1.807, 2.05) is 6.92 Å². The summed E-state index contributed by atoms with van der Waals surface area (Å²) in [4.78, 5) is 28.6. The Morgan fingerprint density at radius 2 is 2.09 bits per heavy atom. The fraction of sp³-hybridized carbons (Fsp3) is 0.200. The van der Waals surface area contributed by atoms with E-state index in [9.17, 15) is 14.0 Å². The molecule has 1 unspecified atom stereocenters. The van der Waals surface area contributed by atoms with Crippen LogP contribution in [0.1, 0.15) is 46.1 Å². The van der Waals surface area contributed by atoms with Gasteiger partial charge in [-0.15, -0.1) is 10.2 Å². The van der Waals surface area contributed by atoms with Crippen LogP contribution in [-0.4, -0.2) is 22.7 Å². The SMILES string of the molecule is C=CCOc1cccc(C2c3c(oc4ccc(F)cc4c3=O)C(=O)N2c2nnc(CCC)s2)c1. The third-order valence-corrected chi connectivity index (χ3v) is 6.48. The third-order valence-electron chi connectivity index (χ3n) is 5.50. The fourth-order valence-corrected chi connectivity index (χ4v) is 5.01. The molecule has 1 amide bonds. The van der Waals surface area contributed by atoms with Crippen LogP contribution in [0.2, 0.25) is 0 Å². The van der Waals surface area contributed by atoms with Gasteiger partial charge in [-0.2, -0.15) is 0 Å². The molecule has 0 spiro atoms. The number of anilines is 1. The van der Waals surface area contributed by atoms with Crippen molar-refractivity contribution in [2.24, 2.45) is 0 Å². The summed E-state index contributed by atoms with van der Waals surface area (Å²) in [6, 6.07) is 9.94. The van der Waals surface area contributed by atoms with E-state index in [0.29, 0.717) is 23.1 Å². The maximum Gasteiger partial charge on any atom is 0.297 e. The molecule has 5 rings (SSSR count). The molecule has 0 fully saturated rings. The lowest BCUT2D eigenvalue weighted by Gasteiger charge is -2.22. The minimum absolute atomic E-state index is 0.0707. The Labute approximate surface area is 198 Å². The van der Waals surface area contributed by atoms with Gasteiger partial charge in [0, 0.05) is 6.42 Å². The quantitative estimate of drug-likeness (QED) is 0.346. The number of benzene rings is 2. The van der Waals surface area contributed by atoms with Crippen LogP contribution in [0.3, 0.4) is 0 Å². The second-order valence-corrected chi connectivity index (χ2v) is 8.83. The monoisotopic (exact) mass is 477 g/mol. The Kier molecular flexibility index (Phi) is 5.70. The number of halogens is 1. The molecule has 0 saturated carbocycles. The van der Waals surface area contributed by atoms with Crippen LogP contribution in [0.4, 0.5) is 9.52 Å². The van der Waals surface area contributed by atoms with E-state index in [1.54, 1.807) is 30.3 Å². The first kappa shape index (κ1) is 22.0. The van der Waals surface area contributed by atoms with Crippen LogP contribution in [0.25, 0.3) is 11.0 Å². The Balaban J connectivity index is 1.73. The van der Waals surface area contributed by atoms with Crippen molar-refractivity contribution in [1.29, 1.82) is 0 Å². The molecule has 3 heterocycles. The van der Waals surface area contributed by atoms with Crippen LogP contribution < -0.4 is 15.1 Å². The molecule has 0 N–H and O–H groups in total. The van der Waals surface area contributed by atoms with Crippen LogP contribution in [0.15, 0.2) is 64.3 Å². The first-order valence-corrected chi connectivity index (χ1v) is 11.6. The van der Waals surface area contributed by atoms with Crippen LogP contribution >= 0.6 is 11.3 Å². The van der Waals surface area contributed by atoms with Crippen molar-refractivity contribution in [2.75, 3.05) is 11.5 Å². The molecular formula is C25H20FN3O4S. The molecule has 9 heteroatoms. The fourth-order valence-electron chi connectivity index (χ4n) is 4.04. The summed E-state index contributed by atoms with van der Waals surface area (Å²) in [5, 5.41) is 9.66. The molecule has 2 aromatic carbocycles. The molecule has 1 aliphatic heterocycles. The smallest absolute Gasteiger partial charge is 0.297 e. The number of amides is 1. The molecular weight excluding hydrogens is 457 g/mol. The van der Waals surface area contributed by atoms with Gasteiger partial charge in [-0.05, 0) is 42.3 Å². The Morgan fingerprint density at radius 3 is 2.88 bits per heavy atom. The van der Waals surface area contributed by atoms with E-state index >= 15 is 0 Å². The number of carbonyl (C=O) groups excluding carboxylic acids is 1. The van der Waals surface area contributed by atoms with Crippen molar-refractivity contribution in [3.63, 3.8) is 0 Å². The summed E-state index contributed by atoms with van der Waals surface area (Å²) < 4.78 is 25.5. The van der Waals surface area contributed by atoms with Crippen molar-refractivity contribution >= 4 is 33.3 Å². The Morgan fingerprint density at radius 1 is 1.24 bits per heavy atom. The summed E-state index contributed by atoms with van der Waals surface area (Å²) in [6.45, 7) is 5.99. The number of aryl methyl sites for hydroxylation is 1. The molecule has 1 atom stereocenters. The predicted molar refractivity (Wildman–Crippen MR) is 127 cm³/mol. The number of hydrogen-bond donors (Lipinski definition) is 0. The molecule has 0 saturated heterocycles. The lowest BCUT2D eigenvalue weighted by Crippen LogP contribution is -2.29. The second kappa shape index (κ2) is 8.83. The molecule has 7 nitrogen and oxygen atoms in total. The number of fused-ring (bicyclic) bond motifs is 2. The number of ether oxygens (including phenoxy) is 1. The molecule has 34 heavy (non-hydrogen) atoms. The minimum atomic E-state index is -0.832. The average Bonchev–Trinajstić information content (AvgIpc) is 3.41. The highest BCUT2D eigenvalue weighted by Gasteiger charge is 2.45. The zero-order valence-corrected chi connectivity index (χ0v) is 19.1. The maximum absolute atomic E-state index is 14.0. The van der Waals surface area contributed by atoms with Gasteiger partial charge in [0.05, 0.1) is 17.0 Å². The molecule has 0 aliphatic carbocycles. The molecule has 0 radical (unpaired) electrons. The van der Waals surface area contributed by atoms with Gasteiger partial charge in [-0.1, -0.05) is 43.0 Å². The van der Waals surface area contributed by atoms with Crippen molar-refractivity contribution in [3.05, 3.63) is 93.1 Å². The van der Waals surface area contributed by atoms with Gasteiger partial charge in [-0.25, -0.2) is 4.39 Å². The number of nitrogens with zero attached hydrogens (tertiary/aromatic N) is 3. The molecule has 2 aromatic heterocycles. The lowest BCUT2D eigenvalue weighted by atomic mass is 9.98. The molecule has 4 aromatic rings. The van der Waals surface area contributed by atoms with Gasteiger partial charge < -0.3 is 9.15 Å². The van der Waals surface area contributed by atoms with Gasteiger partial charge in [0.15, 0.2) is 5.43 Å².